The van der Waals surface area contributed by atoms with E-state index in [1.54, 1.807) is 6.07 Å². The number of hydrogen-bond acceptors (Lipinski definition) is 6. The van der Waals surface area contributed by atoms with Gasteiger partial charge in [-0.2, -0.15) is 5.10 Å². The lowest BCUT2D eigenvalue weighted by molar-refractivity contribution is -0.386. The molecule has 23 heavy (non-hydrogen) atoms. The maximum atomic E-state index is 11.8. The Labute approximate surface area is 143 Å². The number of nitro groups is 1. The number of phenolic OH excluding ortho intramolecular Hbond substituents is 1. The average Bonchev–Trinajstić information content (AvgIpc) is 2.50. The number of pyridine rings is 1. The zero-order valence-electron chi connectivity index (χ0n) is 11.2. The van der Waals surface area contributed by atoms with Crippen LogP contribution in [0.15, 0.2) is 40.0 Å². The maximum Gasteiger partial charge on any atom is 0.312 e. The van der Waals surface area contributed by atoms with E-state index in [0.717, 1.165) is 6.07 Å². The molecule has 1 aromatic carbocycles. The van der Waals surface area contributed by atoms with Gasteiger partial charge >= 0.3 is 5.69 Å². The van der Waals surface area contributed by atoms with Gasteiger partial charge < -0.3 is 5.11 Å². The lowest BCUT2D eigenvalue weighted by atomic mass is 10.2. The van der Waals surface area contributed by atoms with Gasteiger partial charge in [-0.25, -0.2) is 10.4 Å². The molecule has 0 saturated carbocycles. The van der Waals surface area contributed by atoms with Gasteiger partial charge in [0.1, 0.15) is 5.15 Å². The molecule has 0 aliphatic carbocycles. The van der Waals surface area contributed by atoms with Gasteiger partial charge in [0, 0.05) is 17.8 Å². The molecule has 1 heterocycles. The average molecular weight is 400 g/mol. The van der Waals surface area contributed by atoms with Gasteiger partial charge in [-0.15, -0.1) is 0 Å². The number of nitrogens with one attached hydrogen (secondary N) is 1. The molecule has 118 valence electrons. The Morgan fingerprint density at radius 1 is 1.52 bits per heavy atom. The SMILES string of the molecule is O=C(NN=Cc1cc(Br)c(O)c([N+](=O)[O-])c1)c1cccnc1Cl. The first-order chi connectivity index (χ1) is 10.9. The van der Waals surface area contributed by atoms with Crippen LogP contribution in [0.1, 0.15) is 15.9 Å². The zero-order chi connectivity index (χ0) is 17.0. The summed E-state index contributed by atoms with van der Waals surface area (Å²) < 4.78 is 0.134. The fraction of sp³-hybridized carbons (Fsp3) is 0. The van der Waals surface area contributed by atoms with Crippen molar-refractivity contribution in [1.29, 1.82) is 0 Å². The second-order valence-corrected chi connectivity index (χ2v) is 5.38. The van der Waals surface area contributed by atoms with Crippen LogP contribution in [0.25, 0.3) is 0 Å². The van der Waals surface area contributed by atoms with E-state index in [1.807, 2.05) is 0 Å². The fourth-order valence-corrected chi connectivity index (χ4v) is 2.27. The summed E-state index contributed by atoms with van der Waals surface area (Å²) in [6.07, 6.45) is 2.63. The quantitative estimate of drug-likeness (QED) is 0.355. The molecule has 2 rings (SSSR count). The van der Waals surface area contributed by atoms with E-state index < -0.39 is 22.3 Å². The van der Waals surface area contributed by atoms with E-state index in [9.17, 15) is 20.0 Å². The predicted molar refractivity (Wildman–Crippen MR) is 86.8 cm³/mol. The predicted octanol–water partition coefficient (Wildman–Crippen LogP) is 2.88. The van der Waals surface area contributed by atoms with Gasteiger partial charge in [0.05, 0.1) is 21.2 Å². The van der Waals surface area contributed by atoms with Crippen molar-refractivity contribution in [2.45, 2.75) is 0 Å². The number of amides is 1. The molecule has 2 aromatic rings. The van der Waals surface area contributed by atoms with Crippen molar-refractivity contribution in [3.05, 3.63) is 61.3 Å². The summed E-state index contributed by atoms with van der Waals surface area (Å²) >= 11 is 8.78. The third-order valence-corrected chi connectivity index (χ3v) is 3.55. The van der Waals surface area contributed by atoms with E-state index in [-0.39, 0.29) is 15.2 Å². The first-order valence-corrected chi connectivity index (χ1v) is 7.18. The Morgan fingerprint density at radius 3 is 2.91 bits per heavy atom. The van der Waals surface area contributed by atoms with E-state index >= 15 is 0 Å². The highest BCUT2D eigenvalue weighted by molar-refractivity contribution is 9.10. The minimum atomic E-state index is -0.731. The van der Waals surface area contributed by atoms with E-state index in [2.05, 4.69) is 31.4 Å². The summed E-state index contributed by atoms with van der Waals surface area (Å²) in [6, 6.07) is 5.55. The van der Waals surface area contributed by atoms with Crippen molar-refractivity contribution in [1.82, 2.24) is 10.4 Å². The molecule has 1 amide bonds. The third-order valence-electron chi connectivity index (χ3n) is 2.65. The van der Waals surface area contributed by atoms with Gasteiger partial charge in [-0.3, -0.25) is 14.9 Å². The number of carbonyl (C=O) groups is 1. The number of carbonyl (C=O) groups excluding carboxylic acids is 1. The highest BCUT2D eigenvalue weighted by Crippen LogP contribution is 2.34. The largest absolute Gasteiger partial charge is 0.501 e. The Morgan fingerprint density at radius 2 is 2.26 bits per heavy atom. The van der Waals surface area contributed by atoms with Crippen molar-refractivity contribution in [3.63, 3.8) is 0 Å². The third kappa shape index (κ3) is 4.02. The highest BCUT2D eigenvalue weighted by atomic mass is 79.9. The molecule has 1 aromatic heterocycles. The van der Waals surface area contributed by atoms with Crippen molar-refractivity contribution >= 4 is 45.3 Å². The lowest BCUT2D eigenvalue weighted by Crippen LogP contribution is -2.18. The van der Waals surface area contributed by atoms with Crippen LogP contribution in [0.5, 0.6) is 5.75 Å². The minimum Gasteiger partial charge on any atom is -0.501 e. The number of nitrogens with zero attached hydrogens (tertiary/aromatic N) is 3. The molecule has 0 aliphatic heterocycles. The van der Waals surface area contributed by atoms with E-state index in [0.29, 0.717) is 5.56 Å². The van der Waals surface area contributed by atoms with Crippen LogP contribution in [-0.2, 0) is 0 Å². The van der Waals surface area contributed by atoms with Crippen LogP contribution in [0.4, 0.5) is 5.69 Å². The number of nitro benzene ring substituents is 1. The monoisotopic (exact) mass is 398 g/mol. The van der Waals surface area contributed by atoms with Crippen LogP contribution in [0.2, 0.25) is 5.15 Å². The van der Waals surface area contributed by atoms with Gasteiger partial charge in [-0.1, -0.05) is 11.6 Å². The van der Waals surface area contributed by atoms with Crippen LogP contribution < -0.4 is 5.43 Å². The van der Waals surface area contributed by atoms with Gasteiger partial charge in [0.25, 0.3) is 5.91 Å². The number of hydrogen-bond donors (Lipinski definition) is 2. The van der Waals surface area contributed by atoms with E-state index in [1.165, 1.54) is 24.5 Å². The summed E-state index contributed by atoms with van der Waals surface area (Å²) in [6.45, 7) is 0. The summed E-state index contributed by atoms with van der Waals surface area (Å²) in [5, 5.41) is 24.1. The van der Waals surface area contributed by atoms with Crippen LogP contribution in [0.3, 0.4) is 0 Å². The highest BCUT2D eigenvalue weighted by Gasteiger charge is 2.17. The summed E-state index contributed by atoms with van der Waals surface area (Å²) in [4.78, 5) is 25.7. The molecule has 0 unspecified atom stereocenters. The molecule has 8 nitrogen and oxygen atoms in total. The van der Waals surface area contributed by atoms with Crippen molar-refractivity contribution in [3.8, 4) is 5.75 Å². The van der Waals surface area contributed by atoms with Crippen LogP contribution >= 0.6 is 27.5 Å². The van der Waals surface area contributed by atoms with Crippen LogP contribution in [-0.4, -0.2) is 27.1 Å². The fourth-order valence-electron chi connectivity index (χ4n) is 1.60. The Kier molecular flexibility index (Phi) is 5.24. The Balaban J connectivity index is 2.17. The molecule has 0 fully saturated rings. The molecule has 0 saturated heterocycles. The lowest BCUT2D eigenvalue weighted by Gasteiger charge is -2.02. The Hall–Kier alpha value is -2.52. The molecule has 0 bridgehead atoms. The molecule has 2 N–H and O–H groups in total. The van der Waals surface area contributed by atoms with Gasteiger partial charge in [0.15, 0.2) is 0 Å². The van der Waals surface area contributed by atoms with Crippen LogP contribution in [0, 0.1) is 10.1 Å². The number of phenols is 1. The molecule has 10 heteroatoms. The normalized spacial score (nSPS) is 10.7. The number of hydrazone groups is 1. The second-order valence-electron chi connectivity index (χ2n) is 4.17. The number of halogens is 2. The summed E-state index contributed by atoms with van der Waals surface area (Å²) in [5.74, 6) is -1.06. The molecular formula is C13H8BrClN4O4. The summed E-state index contributed by atoms with van der Waals surface area (Å²) in [5.41, 5.74) is 2.19. The smallest absolute Gasteiger partial charge is 0.312 e. The standard InChI is InChI=1S/C13H8BrClN4O4/c14-9-4-7(5-10(11(9)20)19(22)23)6-17-18-13(21)8-2-1-3-16-12(8)15/h1-6,20H,(H,18,21). The number of aromatic hydroxyl groups is 1. The molecule has 0 atom stereocenters. The maximum absolute atomic E-state index is 11.8. The first kappa shape index (κ1) is 16.8. The topological polar surface area (TPSA) is 118 Å². The molecule has 0 radical (unpaired) electrons. The number of rotatable bonds is 4. The van der Waals surface area contributed by atoms with E-state index in [4.69, 9.17) is 11.6 Å². The second kappa shape index (κ2) is 7.16. The summed E-state index contributed by atoms with van der Waals surface area (Å²) in [7, 11) is 0. The molecule has 0 spiro atoms. The van der Waals surface area contributed by atoms with Crippen molar-refractivity contribution in [2.24, 2.45) is 5.10 Å². The molecular weight excluding hydrogens is 392 g/mol. The van der Waals surface area contributed by atoms with Crippen molar-refractivity contribution < 1.29 is 14.8 Å². The number of aromatic nitrogens is 1. The Bertz CT molecular complexity index is 813. The minimum absolute atomic E-state index is 0.0308. The number of benzene rings is 1. The van der Waals surface area contributed by atoms with Gasteiger partial charge in [-0.05, 0) is 34.1 Å². The first-order valence-electron chi connectivity index (χ1n) is 6.01. The molecule has 0 aliphatic rings. The zero-order valence-corrected chi connectivity index (χ0v) is 13.6. The van der Waals surface area contributed by atoms with Gasteiger partial charge in [0.2, 0.25) is 5.75 Å². The van der Waals surface area contributed by atoms with Crippen molar-refractivity contribution in [2.75, 3.05) is 0 Å².